The summed E-state index contributed by atoms with van der Waals surface area (Å²) in [5, 5.41) is 17.6. The lowest BCUT2D eigenvalue weighted by atomic mass is 10.1. The lowest BCUT2D eigenvalue weighted by molar-refractivity contribution is -0.152. The molecule has 2 heterocycles. The standard InChI is InChI=1S/C18H22N4O4/c1-3-7-26-14-6-4-5-13(8-14)9-17(23)22-11-16-20-19-12(2)21(16)10-15(22)18(24)25/h4-6,8,15H,3,7,9-11H2,1-2H3,(H,24,25). The number of nitrogens with zero attached hydrogens (tertiary/aromatic N) is 4. The predicted molar refractivity (Wildman–Crippen MR) is 92.7 cm³/mol. The molecule has 3 rings (SSSR count). The number of carboxylic acids is 1. The van der Waals surface area contributed by atoms with Crippen molar-refractivity contribution in [3.63, 3.8) is 0 Å². The minimum absolute atomic E-state index is 0.111. The summed E-state index contributed by atoms with van der Waals surface area (Å²) in [5.41, 5.74) is 0.788. The molecule has 1 N–H and O–H groups in total. The minimum atomic E-state index is -1.03. The zero-order valence-electron chi connectivity index (χ0n) is 14.9. The molecule has 0 saturated heterocycles. The SMILES string of the molecule is CCCOc1cccc(CC(=O)N2Cc3nnc(C)n3CC2C(=O)O)c1. The third-order valence-corrected chi connectivity index (χ3v) is 4.39. The third kappa shape index (κ3) is 3.68. The molecule has 0 spiro atoms. The van der Waals surface area contributed by atoms with Crippen LogP contribution in [0.25, 0.3) is 0 Å². The van der Waals surface area contributed by atoms with Crippen molar-refractivity contribution in [2.45, 2.75) is 45.8 Å². The number of aryl methyl sites for hydroxylation is 1. The van der Waals surface area contributed by atoms with Crippen LogP contribution in [0.1, 0.15) is 30.6 Å². The van der Waals surface area contributed by atoms with Crippen LogP contribution < -0.4 is 4.74 Å². The lowest BCUT2D eigenvalue weighted by Crippen LogP contribution is -2.51. The second-order valence-corrected chi connectivity index (χ2v) is 6.32. The van der Waals surface area contributed by atoms with Gasteiger partial charge in [-0.2, -0.15) is 0 Å². The number of ether oxygens (including phenoxy) is 1. The number of aliphatic carboxylic acids is 1. The van der Waals surface area contributed by atoms with Gasteiger partial charge in [0.1, 0.15) is 17.6 Å². The molecule has 8 heteroatoms. The first-order valence-electron chi connectivity index (χ1n) is 8.62. The summed E-state index contributed by atoms with van der Waals surface area (Å²) in [4.78, 5) is 25.8. The van der Waals surface area contributed by atoms with Gasteiger partial charge in [-0.25, -0.2) is 4.79 Å². The van der Waals surface area contributed by atoms with Crippen molar-refractivity contribution in [2.24, 2.45) is 0 Å². The second-order valence-electron chi connectivity index (χ2n) is 6.32. The molecule has 0 saturated carbocycles. The first kappa shape index (κ1) is 17.9. The van der Waals surface area contributed by atoms with Crippen LogP contribution in [0, 0.1) is 6.92 Å². The van der Waals surface area contributed by atoms with E-state index in [2.05, 4.69) is 10.2 Å². The highest BCUT2D eigenvalue weighted by Gasteiger charge is 2.36. The summed E-state index contributed by atoms with van der Waals surface area (Å²) in [6, 6.07) is 6.40. The van der Waals surface area contributed by atoms with E-state index in [4.69, 9.17) is 4.74 Å². The minimum Gasteiger partial charge on any atom is -0.494 e. The van der Waals surface area contributed by atoms with E-state index in [9.17, 15) is 14.7 Å². The predicted octanol–water partition coefficient (Wildman–Crippen LogP) is 1.41. The average Bonchev–Trinajstić information content (AvgIpc) is 2.99. The first-order valence-corrected chi connectivity index (χ1v) is 8.62. The van der Waals surface area contributed by atoms with Gasteiger partial charge in [-0.3, -0.25) is 4.79 Å². The monoisotopic (exact) mass is 358 g/mol. The Morgan fingerprint density at radius 1 is 1.35 bits per heavy atom. The van der Waals surface area contributed by atoms with Crippen LogP contribution in [0.2, 0.25) is 0 Å². The van der Waals surface area contributed by atoms with Gasteiger partial charge >= 0.3 is 5.97 Å². The zero-order valence-corrected chi connectivity index (χ0v) is 14.9. The molecule has 0 radical (unpaired) electrons. The van der Waals surface area contributed by atoms with Crippen molar-refractivity contribution in [2.75, 3.05) is 6.61 Å². The number of carbonyl (C=O) groups is 2. The summed E-state index contributed by atoms with van der Waals surface area (Å²) >= 11 is 0. The van der Waals surface area contributed by atoms with Gasteiger partial charge in [-0.1, -0.05) is 19.1 Å². The van der Waals surface area contributed by atoms with Crippen molar-refractivity contribution in [3.8, 4) is 5.75 Å². The number of benzene rings is 1. The first-order chi connectivity index (χ1) is 12.5. The van der Waals surface area contributed by atoms with Crippen LogP contribution in [-0.2, 0) is 29.1 Å². The smallest absolute Gasteiger partial charge is 0.328 e. The van der Waals surface area contributed by atoms with Crippen LogP contribution >= 0.6 is 0 Å². The molecule has 0 aliphatic carbocycles. The van der Waals surface area contributed by atoms with Crippen LogP contribution in [-0.4, -0.2) is 49.3 Å². The Hall–Kier alpha value is -2.90. The highest BCUT2D eigenvalue weighted by atomic mass is 16.5. The Morgan fingerprint density at radius 2 is 2.15 bits per heavy atom. The van der Waals surface area contributed by atoms with Crippen molar-refractivity contribution < 1.29 is 19.4 Å². The fraction of sp³-hybridized carbons (Fsp3) is 0.444. The van der Waals surface area contributed by atoms with Crippen molar-refractivity contribution in [3.05, 3.63) is 41.5 Å². The van der Waals surface area contributed by atoms with E-state index < -0.39 is 12.0 Å². The summed E-state index contributed by atoms with van der Waals surface area (Å²) in [7, 11) is 0. The van der Waals surface area contributed by atoms with E-state index in [1.165, 1.54) is 4.90 Å². The third-order valence-electron chi connectivity index (χ3n) is 4.39. The maximum Gasteiger partial charge on any atom is 0.328 e. The summed E-state index contributed by atoms with van der Waals surface area (Å²) in [6.07, 6.45) is 1.01. The van der Waals surface area contributed by atoms with E-state index in [1.54, 1.807) is 11.5 Å². The molecule has 1 unspecified atom stereocenters. The fourth-order valence-corrected chi connectivity index (χ4v) is 3.03. The van der Waals surface area contributed by atoms with Crippen molar-refractivity contribution in [1.29, 1.82) is 0 Å². The van der Waals surface area contributed by atoms with E-state index in [-0.39, 0.29) is 25.4 Å². The molecule has 2 aromatic rings. The van der Waals surface area contributed by atoms with Crippen molar-refractivity contribution >= 4 is 11.9 Å². The van der Waals surface area contributed by atoms with Crippen LogP contribution in [0.3, 0.4) is 0 Å². The van der Waals surface area contributed by atoms with Gasteiger partial charge < -0.3 is 19.3 Å². The highest BCUT2D eigenvalue weighted by molar-refractivity contribution is 5.85. The molecular weight excluding hydrogens is 336 g/mol. The number of amides is 1. The summed E-state index contributed by atoms with van der Waals surface area (Å²) < 4.78 is 7.34. The van der Waals surface area contributed by atoms with Crippen molar-refractivity contribution in [1.82, 2.24) is 19.7 Å². The molecule has 138 valence electrons. The number of rotatable bonds is 6. The molecule has 0 fully saturated rings. The van der Waals surface area contributed by atoms with E-state index in [0.717, 1.165) is 12.0 Å². The number of carboxylic acid groups (broad SMARTS) is 1. The van der Waals surface area contributed by atoms with E-state index in [0.29, 0.717) is 24.0 Å². The number of hydrogen-bond acceptors (Lipinski definition) is 5. The number of fused-ring (bicyclic) bond motifs is 1. The topological polar surface area (TPSA) is 97.5 Å². The molecule has 26 heavy (non-hydrogen) atoms. The van der Waals surface area contributed by atoms with Gasteiger partial charge in [-0.05, 0) is 31.0 Å². The van der Waals surface area contributed by atoms with Gasteiger partial charge in [0.05, 0.1) is 26.1 Å². The van der Waals surface area contributed by atoms with Gasteiger partial charge in [0, 0.05) is 0 Å². The number of carbonyl (C=O) groups excluding carboxylic acids is 1. The average molecular weight is 358 g/mol. The Bertz CT molecular complexity index is 817. The van der Waals surface area contributed by atoms with Crippen LogP contribution in [0.15, 0.2) is 24.3 Å². The highest BCUT2D eigenvalue weighted by Crippen LogP contribution is 2.20. The normalized spacial score (nSPS) is 16.2. The summed E-state index contributed by atoms with van der Waals surface area (Å²) in [6.45, 7) is 4.71. The zero-order chi connectivity index (χ0) is 18.7. The second kappa shape index (κ2) is 7.55. The number of aromatic nitrogens is 3. The molecule has 1 aromatic carbocycles. The Labute approximate surface area is 151 Å². The quantitative estimate of drug-likeness (QED) is 0.839. The molecule has 1 aliphatic heterocycles. The molecule has 1 aliphatic rings. The van der Waals surface area contributed by atoms with Gasteiger partial charge in [0.2, 0.25) is 5.91 Å². The Morgan fingerprint density at radius 3 is 2.88 bits per heavy atom. The Balaban J connectivity index is 1.77. The van der Waals surface area contributed by atoms with Gasteiger partial charge in [0.25, 0.3) is 0 Å². The van der Waals surface area contributed by atoms with E-state index >= 15 is 0 Å². The fourth-order valence-electron chi connectivity index (χ4n) is 3.03. The molecular formula is C18H22N4O4. The molecule has 1 atom stereocenters. The number of hydrogen-bond donors (Lipinski definition) is 1. The Kier molecular flexibility index (Phi) is 5.20. The van der Waals surface area contributed by atoms with Gasteiger partial charge in [-0.15, -0.1) is 10.2 Å². The maximum atomic E-state index is 12.8. The maximum absolute atomic E-state index is 12.8. The van der Waals surface area contributed by atoms with Crippen LogP contribution in [0.4, 0.5) is 0 Å². The lowest BCUT2D eigenvalue weighted by Gasteiger charge is -2.33. The molecule has 8 nitrogen and oxygen atoms in total. The van der Waals surface area contributed by atoms with Gasteiger partial charge in [0.15, 0.2) is 5.82 Å². The van der Waals surface area contributed by atoms with E-state index in [1.807, 2.05) is 31.2 Å². The molecule has 0 bridgehead atoms. The molecule has 1 aromatic heterocycles. The largest absolute Gasteiger partial charge is 0.494 e. The molecule has 1 amide bonds. The summed E-state index contributed by atoms with van der Waals surface area (Å²) in [5.74, 6) is 0.683. The van der Waals surface area contributed by atoms with Crippen LogP contribution in [0.5, 0.6) is 5.75 Å².